The topological polar surface area (TPSA) is 36.3 Å². The highest BCUT2D eigenvalue weighted by Gasteiger charge is 2.41. The Morgan fingerprint density at radius 2 is 1.96 bits per heavy atom. The van der Waals surface area contributed by atoms with E-state index in [1.807, 2.05) is 0 Å². The van der Waals surface area contributed by atoms with E-state index >= 15 is 0 Å². The zero-order valence-electron chi connectivity index (χ0n) is 13.1. The summed E-state index contributed by atoms with van der Waals surface area (Å²) in [4.78, 5) is 1.48. The van der Waals surface area contributed by atoms with Gasteiger partial charge < -0.3 is 4.74 Å². The van der Waals surface area contributed by atoms with Crippen LogP contribution in [0.2, 0.25) is 0 Å². The number of ether oxygens (including phenoxy) is 1. The van der Waals surface area contributed by atoms with Crippen molar-refractivity contribution in [2.75, 3.05) is 26.2 Å². The Morgan fingerprint density at radius 1 is 1.24 bits per heavy atom. The molecule has 1 aromatic rings. The van der Waals surface area contributed by atoms with Gasteiger partial charge in [-0.15, -0.1) is 0 Å². The second-order valence-electron chi connectivity index (χ2n) is 5.84. The molecule has 25 heavy (non-hydrogen) atoms. The molecule has 1 aliphatic heterocycles. The van der Waals surface area contributed by atoms with Gasteiger partial charge in [0.05, 0.1) is 30.3 Å². The fourth-order valence-electron chi connectivity index (χ4n) is 2.69. The highest BCUT2D eigenvalue weighted by atomic mass is 19.4. The Kier molecular flexibility index (Phi) is 5.95. The Hall–Kier alpha value is -1.79. The van der Waals surface area contributed by atoms with E-state index in [1.165, 1.54) is 23.1 Å². The van der Waals surface area contributed by atoms with Gasteiger partial charge in [0.2, 0.25) is 0 Å². The largest absolute Gasteiger partial charge is 0.416 e. The van der Waals surface area contributed by atoms with Crippen LogP contribution in [0.3, 0.4) is 0 Å². The maximum Gasteiger partial charge on any atom is 0.416 e. The van der Waals surface area contributed by atoms with Crippen LogP contribution >= 0.6 is 0 Å². The van der Waals surface area contributed by atoms with Gasteiger partial charge in [0.1, 0.15) is 0 Å². The summed E-state index contributed by atoms with van der Waals surface area (Å²) in [5, 5.41) is 8.57. The number of alkyl halides is 6. The second kappa shape index (κ2) is 7.62. The van der Waals surface area contributed by atoms with E-state index in [0.717, 1.165) is 12.1 Å². The average molecular weight is 366 g/mol. The van der Waals surface area contributed by atoms with Crippen molar-refractivity contribution in [3.05, 3.63) is 35.4 Å². The standard InChI is InChI=1S/C16H16F6N2O/c17-15(18,19)12-3-1-2-11(8-12)14-10-24(6-7-25-14)9-13(4-5-23)16(20,21)22/h1-3,8,13-14H,4,6-7,9-10H2/t13-,14+/m1/s1. The predicted octanol–water partition coefficient (Wildman–Crippen LogP) is 4.17. The molecule has 1 aliphatic rings. The van der Waals surface area contributed by atoms with E-state index in [-0.39, 0.29) is 31.8 Å². The molecule has 0 aromatic heterocycles. The Bertz CT molecular complexity index is 622. The summed E-state index contributed by atoms with van der Waals surface area (Å²) >= 11 is 0. The summed E-state index contributed by atoms with van der Waals surface area (Å²) in [5.41, 5.74) is -0.563. The summed E-state index contributed by atoms with van der Waals surface area (Å²) < 4.78 is 82.6. The highest BCUT2D eigenvalue weighted by molar-refractivity contribution is 5.27. The van der Waals surface area contributed by atoms with Crippen LogP contribution in [0.25, 0.3) is 0 Å². The molecule has 1 aromatic carbocycles. The van der Waals surface area contributed by atoms with Gasteiger partial charge in [0, 0.05) is 26.1 Å². The predicted molar refractivity (Wildman–Crippen MR) is 76.4 cm³/mol. The first-order valence-electron chi connectivity index (χ1n) is 7.56. The van der Waals surface area contributed by atoms with Crippen LogP contribution < -0.4 is 0 Å². The van der Waals surface area contributed by atoms with Gasteiger partial charge in [-0.05, 0) is 17.7 Å². The lowest BCUT2D eigenvalue weighted by atomic mass is 10.0. The van der Waals surface area contributed by atoms with Gasteiger partial charge in [-0.3, -0.25) is 4.90 Å². The molecule has 1 heterocycles. The number of rotatable bonds is 4. The number of morpholine rings is 1. The Balaban J connectivity index is 2.09. The first-order chi connectivity index (χ1) is 11.6. The van der Waals surface area contributed by atoms with Crippen LogP contribution in [0.4, 0.5) is 26.3 Å². The summed E-state index contributed by atoms with van der Waals surface area (Å²) in [5.74, 6) is -1.79. The van der Waals surface area contributed by atoms with Crippen LogP contribution in [-0.4, -0.2) is 37.3 Å². The molecular formula is C16H16F6N2O. The normalized spacial score (nSPS) is 20.9. The van der Waals surface area contributed by atoms with Gasteiger partial charge in [-0.25, -0.2) is 0 Å². The molecule has 3 nitrogen and oxygen atoms in total. The lowest BCUT2D eigenvalue weighted by Gasteiger charge is -2.35. The molecular weight excluding hydrogens is 350 g/mol. The number of nitriles is 1. The summed E-state index contributed by atoms with van der Waals surface area (Å²) in [6.45, 7) is 0.000708. The van der Waals surface area contributed by atoms with E-state index in [0.29, 0.717) is 0 Å². The van der Waals surface area contributed by atoms with E-state index in [4.69, 9.17) is 10.00 Å². The SMILES string of the molecule is N#CC[C@H](CN1CCO[C@H](c2cccc(C(F)(F)F)c2)C1)C(F)(F)F. The summed E-state index contributed by atoms with van der Waals surface area (Å²) in [6.07, 6.45) is -10.4. The van der Waals surface area contributed by atoms with Crippen molar-refractivity contribution in [2.24, 2.45) is 5.92 Å². The van der Waals surface area contributed by atoms with Crippen molar-refractivity contribution in [3.63, 3.8) is 0 Å². The van der Waals surface area contributed by atoms with Crippen molar-refractivity contribution in [2.45, 2.75) is 24.9 Å². The minimum Gasteiger partial charge on any atom is -0.371 e. The monoisotopic (exact) mass is 366 g/mol. The quantitative estimate of drug-likeness (QED) is 0.751. The molecule has 2 rings (SSSR count). The molecule has 0 spiro atoms. The smallest absolute Gasteiger partial charge is 0.371 e. The lowest BCUT2D eigenvalue weighted by molar-refractivity contribution is -0.181. The molecule has 9 heteroatoms. The third-order valence-corrected chi connectivity index (χ3v) is 4.02. The molecule has 0 unspecified atom stereocenters. The fraction of sp³-hybridized carbons (Fsp3) is 0.562. The molecule has 2 atom stereocenters. The lowest BCUT2D eigenvalue weighted by Crippen LogP contribution is -2.43. The minimum absolute atomic E-state index is 0.0410. The molecule has 1 saturated heterocycles. The zero-order valence-corrected chi connectivity index (χ0v) is 13.1. The number of benzene rings is 1. The molecule has 0 N–H and O–H groups in total. The number of halogens is 6. The van der Waals surface area contributed by atoms with Crippen LogP contribution in [0.15, 0.2) is 24.3 Å². The highest BCUT2D eigenvalue weighted by Crippen LogP contribution is 2.33. The number of hydrogen-bond acceptors (Lipinski definition) is 3. The van der Waals surface area contributed by atoms with Crippen LogP contribution in [0, 0.1) is 17.2 Å². The van der Waals surface area contributed by atoms with Crippen molar-refractivity contribution < 1.29 is 31.1 Å². The fourth-order valence-corrected chi connectivity index (χ4v) is 2.69. The van der Waals surface area contributed by atoms with E-state index in [2.05, 4.69) is 0 Å². The molecule has 0 bridgehead atoms. The summed E-state index contributed by atoms with van der Waals surface area (Å²) in [6, 6.07) is 6.11. The molecule has 0 aliphatic carbocycles. The Morgan fingerprint density at radius 3 is 2.56 bits per heavy atom. The third kappa shape index (κ3) is 5.34. The number of hydrogen-bond donors (Lipinski definition) is 0. The first-order valence-corrected chi connectivity index (χ1v) is 7.56. The molecule has 0 amide bonds. The van der Waals surface area contributed by atoms with Crippen LogP contribution in [0.1, 0.15) is 23.7 Å². The van der Waals surface area contributed by atoms with E-state index in [1.54, 1.807) is 0 Å². The van der Waals surface area contributed by atoms with Crippen molar-refractivity contribution in [3.8, 4) is 6.07 Å². The maximum absolute atomic E-state index is 12.9. The van der Waals surface area contributed by atoms with Crippen molar-refractivity contribution in [1.82, 2.24) is 4.90 Å². The van der Waals surface area contributed by atoms with E-state index in [9.17, 15) is 26.3 Å². The van der Waals surface area contributed by atoms with Gasteiger partial charge in [-0.2, -0.15) is 31.6 Å². The Labute approximate surface area is 140 Å². The van der Waals surface area contributed by atoms with Gasteiger partial charge >= 0.3 is 12.4 Å². The van der Waals surface area contributed by atoms with Crippen LogP contribution in [-0.2, 0) is 10.9 Å². The molecule has 0 radical (unpaired) electrons. The molecule has 1 fully saturated rings. The summed E-state index contributed by atoms with van der Waals surface area (Å²) in [7, 11) is 0. The van der Waals surface area contributed by atoms with Gasteiger partial charge in [-0.1, -0.05) is 12.1 Å². The minimum atomic E-state index is -4.50. The zero-order chi connectivity index (χ0) is 18.7. The number of nitrogens with zero attached hydrogens (tertiary/aromatic N) is 2. The molecule has 0 saturated carbocycles. The van der Waals surface area contributed by atoms with Gasteiger partial charge in [0.25, 0.3) is 0 Å². The third-order valence-electron chi connectivity index (χ3n) is 4.02. The second-order valence-corrected chi connectivity index (χ2v) is 5.84. The van der Waals surface area contributed by atoms with Gasteiger partial charge in [0.15, 0.2) is 0 Å². The van der Waals surface area contributed by atoms with Crippen molar-refractivity contribution in [1.29, 1.82) is 5.26 Å². The molecule has 138 valence electrons. The average Bonchev–Trinajstić information content (AvgIpc) is 2.53. The maximum atomic E-state index is 12.9. The van der Waals surface area contributed by atoms with Crippen molar-refractivity contribution >= 4 is 0 Å². The van der Waals surface area contributed by atoms with Crippen LogP contribution in [0.5, 0.6) is 0 Å². The first kappa shape index (κ1) is 19.5. The van der Waals surface area contributed by atoms with E-state index < -0.39 is 36.4 Å².